The van der Waals surface area contributed by atoms with E-state index in [0.29, 0.717) is 26.5 Å². The number of benzene rings is 1. The maximum atomic E-state index is 7.34. The summed E-state index contributed by atoms with van der Waals surface area (Å²) in [6.07, 6.45) is 1.56. The summed E-state index contributed by atoms with van der Waals surface area (Å²) in [5.41, 5.74) is 6.56. The van der Waals surface area contributed by atoms with Crippen molar-refractivity contribution >= 4 is 40.6 Å². The summed E-state index contributed by atoms with van der Waals surface area (Å²) in [6.45, 7) is 0.226. The zero-order valence-electron chi connectivity index (χ0n) is 10.2. The Kier molecular flexibility index (Phi) is 4.70. The fraction of sp³-hybridized carbons (Fsp3) is 0.0769. The molecule has 0 amide bonds. The van der Waals surface area contributed by atoms with Crippen molar-refractivity contribution in [2.24, 2.45) is 5.73 Å². The molecule has 0 aliphatic heterocycles. The predicted molar refractivity (Wildman–Crippen MR) is 81.1 cm³/mol. The van der Waals surface area contributed by atoms with E-state index in [1.54, 1.807) is 30.5 Å². The van der Waals surface area contributed by atoms with E-state index in [1.807, 2.05) is 0 Å². The molecule has 1 heterocycles. The molecule has 0 spiro atoms. The number of nitrogen functional groups attached to an aromatic ring is 1. The fourth-order valence-electron chi connectivity index (χ4n) is 1.53. The molecule has 3 N–H and O–H groups in total. The first-order valence-corrected chi connectivity index (χ1v) is 6.67. The standard InChI is InChI=1S/C13H10Cl3N3O/c14-8-4-9(15)12(10(16)5-8)20-6-7-1-2-19-11(3-7)13(17)18/h1-5H,6H2,(H3,17,18). The lowest BCUT2D eigenvalue weighted by atomic mass is 10.2. The zero-order chi connectivity index (χ0) is 14.7. The largest absolute Gasteiger partial charge is 0.486 e. The van der Waals surface area contributed by atoms with E-state index in [-0.39, 0.29) is 12.4 Å². The van der Waals surface area contributed by atoms with Crippen molar-refractivity contribution in [3.8, 4) is 5.75 Å². The van der Waals surface area contributed by atoms with Crippen LogP contribution in [0.3, 0.4) is 0 Å². The molecular formula is C13H10Cl3N3O. The van der Waals surface area contributed by atoms with E-state index in [2.05, 4.69) is 4.98 Å². The Balaban J connectivity index is 2.17. The van der Waals surface area contributed by atoms with Gasteiger partial charge in [0.15, 0.2) is 5.75 Å². The second-order valence-electron chi connectivity index (χ2n) is 3.95. The number of pyridine rings is 1. The van der Waals surface area contributed by atoms with Gasteiger partial charge < -0.3 is 10.5 Å². The normalized spacial score (nSPS) is 10.3. The second-order valence-corrected chi connectivity index (χ2v) is 5.20. The number of hydrogen-bond donors (Lipinski definition) is 2. The molecule has 7 heteroatoms. The monoisotopic (exact) mass is 329 g/mol. The Hall–Kier alpha value is -1.49. The highest BCUT2D eigenvalue weighted by atomic mass is 35.5. The first kappa shape index (κ1) is 14.9. The summed E-state index contributed by atoms with van der Waals surface area (Å²) in [6, 6.07) is 6.53. The third kappa shape index (κ3) is 3.54. The molecule has 1 aromatic heterocycles. The second kappa shape index (κ2) is 6.31. The van der Waals surface area contributed by atoms with Gasteiger partial charge in [-0.3, -0.25) is 10.4 Å². The first-order valence-electron chi connectivity index (χ1n) is 5.54. The molecule has 0 saturated carbocycles. The maximum Gasteiger partial charge on any atom is 0.157 e. The fourth-order valence-corrected chi connectivity index (χ4v) is 2.46. The Bertz CT molecular complexity index is 638. The van der Waals surface area contributed by atoms with Crippen molar-refractivity contribution in [2.75, 3.05) is 0 Å². The average Bonchev–Trinajstić information content (AvgIpc) is 2.37. The highest BCUT2D eigenvalue weighted by Crippen LogP contribution is 2.36. The predicted octanol–water partition coefficient (Wildman–Crippen LogP) is 3.90. The van der Waals surface area contributed by atoms with Crippen molar-refractivity contribution in [3.05, 3.63) is 56.8 Å². The first-order chi connectivity index (χ1) is 9.47. The van der Waals surface area contributed by atoms with Crippen LogP contribution in [0.1, 0.15) is 11.3 Å². The number of halogens is 3. The van der Waals surface area contributed by atoms with Gasteiger partial charge in [-0.05, 0) is 29.8 Å². The number of nitrogens with one attached hydrogen (secondary N) is 1. The topological polar surface area (TPSA) is 72.0 Å². The minimum atomic E-state index is -0.102. The highest BCUT2D eigenvalue weighted by molar-refractivity contribution is 6.40. The van der Waals surface area contributed by atoms with E-state index in [4.69, 9.17) is 50.7 Å². The number of nitrogens with zero attached hydrogens (tertiary/aromatic N) is 1. The SMILES string of the molecule is N=C(N)c1cc(COc2c(Cl)cc(Cl)cc2Cl)ccn1. The van der Waals surface area contributed by atoms with E-state index in [1.165, 1.54) is 0 Å². The van der Waals surface area contributed by atoms with E-state index < -0.39 is 0 Å². The smallest absolute Gasteiger partial charge is 0.157 e. The summed E-state index contributed by atoms with van der Waals surface area (Å²) >= 11 is 17.9. The van der Waals surface area contributed by atoms with Crippen LogP contribution in [0.25, 0.3) is 0 Å². The van der Waals surface area contributed by atoms with Gasteiger partial charge in [0.2, 0.25) is 0 Å². The van der Waals surface area contributed by atoms with Crippen LogP contribution in [0.2, 0.25) is 15.1 Å². The minimum Gasteiger partial charge on any atom is -0.486 e. The molecule has 2 aromatic rings. The summed E-state index contributed by atoms with van der Waals surface area (Å²) < 4.78 is 5.58. The summed E-state index contributed by atoms with van der Waals surface area (Å²) in [7, 11) is 0. The van der Waals surface area contributed by atoms with Gasteiger partial charge in [-0.1, -0.05) is 34.8 Å². The molecule has 0 radical (unpaired) electrons. The Morgan fingerprint density at radius 2 is 1.85 bits per heavy atom. The van der Waals surface area contributed by atoms with Crippen LogP contribution >= 0.6 is 34.8 Å². The molecule has 0 atom stereocenters. The minimum absolute atomic E-state index is 0.102. The summed E-state index contributed by atoms with van der Waals surface area (Å²) in [4.78, 5) is 3.97. The van der Waals surface area contributed by atoms with Gasteiger partial charge in [0.05, 0.1) is 10.0 Å². The van der Waals surface area contributed by atoms with Crippen LogP contribution < -0.4 is 10.5 Å². The lowest BCUT2D eigenvalue weighted by molar-refractivity contribution is 0.306. The van der Waals surface area contributed by atoms with Crippen LogP contribution in [0.4, 0.5) is 0 Å². The molecule has 20 heavy (non-hydrogen) atoms. The van der Waals surface area contributed by atoms with Crippen LogP contribution in [0, 0.1) is 5.41 Å². The van der Waals surface area contributed by atoms with Crippen LogP contribution in [0.5, 0.6) is 5.75 Å². The molecule has 0 aliphatic carbocycles. The molecule has 2 rings (SSSR count). The van der Waals surface area contributed by atoms with Crippen molar-refractivity contribution in [2.45, 2.75) is 6.61 Å². The van der Waals surface area contributed by atoms with Gasteiger partial charge in [-0.15, -0.1) is 0 Å². The third-order valence-electron chi connectivity index (χ3n) is 2.45. The van der Waals surface area contributed by atoms with Crippen LogP contribution in [-0.2, 0) is 6.61 Å². The van der Waals surface area contributed by atoms with Gasteiger partial charge in [-0.25, -0.2) is 0 Å². The van der Waals surface area contributed by atoms with Gasteiger partial charge in [-0.2, -0.15) is 0 Å². The number of ether oxygens (including phenoxy) is 1. The van der Waals surface area contributed by atoms with Gasteiger partial charge >= 0.3 is 0 Å². The number of aromatic nitrogens is 1. The van der Waals surface area contributed by atoms with Crippen LogP contribution in [0.15, 0.2) is 30.5 Å². The van der Waals surface area contributed by atoms with Gasteiger partial charge in [0.1, 0.15) is 18.1 Å². The number of hydrogen-bond acceptors (Lipinski definition) is 3. The molecule has 0 aliphatic rings. The average molecular weight is 331 g/mol. The molecule has 104 valence electrons. The van der Waals surface area contributed by atoms with Crippen molar-refractivity contribution in [1.29, 1.82) is 5.41 Å². The van der Waals surface area contributed by atoms with Crippen molar-refractivity contribution in [3.63, 3.8) is 0 Å². The third-order valence-corrected chi connectivity index (χ3v) is 3.23. The Morgan fingerprint density at radius 1 is 1.20 bits per heavy atom. The lowest BCUT2D eigenvalue weighted by Gasteiger charge is -2.10. The Morgan fingerprint density at radius 3 is 2.45 bits per heavy atom. The molecule has 0 fully saturated rings. The summed E-state index contributed by atoms with van der Waals surface area (Å²) in [5, 5.41) is 8.45. The number of nitrogens with two attached hydrogens (primary N) is 1. The van der Waals surface area contributed by atoms with Crippen LogP contribution in [-0.4, -0.2) is 10.8 Å². The van der Waals surface area contributed by atoms with E-state index in [0.717, 1.165) is 5.56 Å². The molecule has 4 nitrogen and oxygen atoms in total. The van der Waals surface area contributed by atoms with Gasteiger partial charge in [0.25, 0.3) is 0 Å². The Labute approximate surface area is 130 Å². The quantitative estimate of drug-likeness (QED) is 0.659. The maximum absolute atomic E-state index is 7.34. The molecule has 0 saturated heterocycles. The van der Waals surface area contributed by atoms with E-state index >= 15 is 0 Å². The summed E-state index contributed by atoms with van der Waals surface area (Å²) in [5.74, 6) is 0.258. The molecule has 0 bridgehead atoms. The highest BCUT2D eigenvalue weighted by Gasteiger charge is 2.10. The number of amidine groups is 1. The van der Waals surface area contributed by atoms with Crippen molar-refractivity contribution in [1.82, 2.24) is 4.98 Å². The zero-order valence-corrected chi connectivity index (χ0v) is 12.4. The van der Waals surface area contributed by atoms with Crippen molar-refractivity contribution < 1.29 is 4.74 Å². The molecular weight excluding hydrogens is 321 g/mol. The lowest BCUT2D eigenvalue weighted by Crippen LogP contribution is -2.13. The number of rotatable bonds is 4. The molecule has 0 unspecified atom stereocenters. The molecule has 1 aromatic carbocycles. The van der Waals surface area contributed by atoms with Gasteiger partial charge in [0, 0.05) is 11.2 Å². The van der Waals surface area contributed by atoms with E-state index in [9.17, 15) is 0 Å².